The predicted octanol–water partition coefficient (Wildman–Crippen LogP) is 1.79. The molecule has 2 amide bonds. The van der Waals surface area contributed by atoms with Crippen LogP contribution in [0.1, 0.15) is 0 Å². The van der Waals surface area contributed by atoms with Gasteiger partial charge in [-0.3, -0.25) is 0 Å². The van der Waals surface area contributed by atoms with E-state index in [1.54, 1.807) is 19.2 Å². The highest BCUT2D eigenvalue weighted by molar-refractivity contribution is 14.1. The van der Waals surface area contributed by atoms with Gasteiger partial charge in [0.25, 0.3) is 0 Å². The Hall–Kier alpha value is -0.980. The van der Waals surface area contributed by atoms with Gasteiger partial charge in [-0.1, -0.05) is 0 Å². The molecule has 4 nitrogen and oxygen atoms in total. The third-order valence-electron chi connectivity index (χ3n) is 1.43. The van der Waals surface area contributed by atoms with E-state index in [0.29, 0.717) is 5.69 Å². The number of benzene rings is 1. The number of nitrogens with one attached hydrogen (secondary N) is 1. The summed E-state index contributed by atoms with van der Waals surface area (Å²) in [6, 6.07) is 4.74. The molecule has 0 aliphatic carbocycles. The first-order valence-corrected chi connectivity index (χ1v) is 4.61. The average molecular weight is 292 g/mol. The van der Waals surface area contributed by atoms with Crippen molar-refractivity contribution in [1.82, 2.24) is 0 Å². The number of carbonyl (C=O) groups excluding carboxylic acids is 1. The van der Waals surface area contributed by atoms with Crippen molar-refractivity contribution >= 4 is 34.3 Å². The Bertz CT molecular complexity index is 328. The molecule has 5 heteroatoms. The van der Waals surface area contributed by atoms with Gasteiger partial charge in [0.05, 0.1) is 12.8 Å². The van der Waals surface area contributed by atoms with Crippen molar-refractivity contribution < 1.29 is 9.53 Å². The molecule has 13 heavy (non-hydrogen) atoms. The topological polar surface area (TPSA) is 64.3 Å². The van der Waals surface area contributed by atoms with Crippen LogP contribution in [0.25, 0.3) is 0 Å². The highest BCUT2D eigenvalue weighted by atomic mass is 127. The number of ether oxygens (including phenoxy) is 1. The van der Waals surface area contributed by atoms with Gasteiger partial charge in [0.2, 0.25) is 0 Å². The molecular formula is C8H9IN2O2. The second kappa shape index (κ2) is 4.31. The molecule has 0 atom stereocenters. The van der Waals surface area contributed by atoms with Gasteiger partial charge in [-0.15, -0.1) is 0 Å². The molecule has 0 heterocycles. The fraction of sp³-hybridized carbons (Fsp3) is 0.125. The lowest BCUT2D eigenvalue weighted by Crippen LogP contribution is -2.19. The van der Waals surface area contributed by atoms with Crippen LogP contribution in [-0.2, 0) is 0 Å². The number of primary amides is 1. The summed E-state index contributed by atoms with van der Waals surface area (Å²) in [6.45, 7) is 0. The summed E-state index contributed by atoms with van der Waals surface area (Å²) in [4.78, 5) is 10.6. The summed E-state index contributed by atoms with van der Waals surface area (Å²) in [5.41, 5.74) is 5.67. The van der Waals surface area contributed by atoms with E-state index in [0.717, 1.165) is 9.32 Å². The molecule has 0 unspecified atom stereocenters. The number of carbonyl (C=O) groups is 1. The van der Waals surface area contributed by atoms with Gasteiger partial charge < -0.3 is 15.8 Å². The van der Waals surface area contributed by atoms with Crippen LogP contribution < -0.4 is 15.8 Å². The van der Waals surface area contributed by atoms with E-state index in [9.17, 15) is 4.79 Å². The van der Waals surface area contributed by atoms with Crippen LogP contribution >= 0.6 is 22.6 Å². The molecule has 0 spiro atoms. The highest BCUT2D eigenvalue weighted by Gasteiger charge is 2.02. The van der Waals surface area contributed by atoms with Crippen LogP contribution in [0, 0.1) is 3.57 Å². The minimum atomic E-state index is -0.567. The van der Waals surface area contributed by atoms with Crippen LogP contribution in [0.4, 0.5) is 10.5 Å². The number of rotatable bonds is 2. The zero-order valence-electron chi connectivity index (χ0n) is 7.00. The average Bonchev–Trinajstić information content (AvgIpc) is 2.08. The van der Waals surface area contributed by atoms with Gasteiger partial charge in [0.15, 0.2) is 0 Å². The van der Waals surface area contributed by atoms with Gasteiger partial charge >= 0.3 is 6.03 Å². The summed E-state index contributed by atoms with van der Waals surface area (Å²) in [5.74, 6) is 0.749. The Balaban J connectivity index is 2.91. The molecule has 0 aliphatic heterocycles. The maximum atomic E-state index is 10.6. The lowest BCUT2D eigenvalue weighted by atomic mass is 10.3. The van der Waals surface area contributed by atoms with Gasteiger partial charge in [0.1, 0.15) is 5.75 Å². The maximum Gasteiger partial charge on any atom is 0.316 e. The van der Waals surface area contributed by atoms with E-state index in [2.05, 4.69) is 27.9 Å². The zero-order valence-corrected chi connectivity index (χ0v) is 9.16. The molecule has 1 rings (SSSR count). The van der Waals surface area contributed by atoms with Crippen LogP contribution in [0.3, 0.4) is 0 Å². The van der Waals surface area contributed by atoms with Crippen molar-refractivity contribution in [2.75, 3.05) is 12.4 Å². The highest BCUT2D eigenvalue weighted by Crippen LogP contribution is 2.23. The lowest BCUT2D eigenvalue weighted by molar-refractivity contribution is 0.259. The van der Waals surface area contributed by atoms with Crippen molar-refractivity contribution in [1.29, 1.82) is 0 Å². The SMILES string of the molecule is COc1ccc(NC(N)=O)c(I)c1. The van der Waals surface area contributed by atoms with Crippen molar-refractivity contribution in [3.05, 3.63) is 21.8 Å². The predicted molar refractivity (Wildman–Crippen MR) is 58.9 cm³/mol. The fourth-order valence-corrected chi connectivity index (χ4v) is 1.48. The Kier molecular flexibility index (Phi) is 3.35. The first-order valence-electron chi connectivity index (χ1n) is 3.53. The molecule has 0 radical (unpaired) electrons. The van der Waals surface area contributed by atoms with Gasteiger partial charge in [0, 0.05) is 3.57 Å². The van der Waals surface area contributed by atoms with Crippen LogP contribution in [-0.4, -0.2) is 13.1 Å². The molecule has 3 N–H and O–H groups in total. The standard InChI is InChI=1S/C8H9IN2O2/c1-13-5-2-3-7(6(9)4-5)11-8(10)12/h2-4H,1H3,(H3,10,11,12). The summed E-state index contributed by atoms with van der Waals surface area (Å²) in [7, 11) is 1.59. The number of halogens is 1. The summed E-state index contributed by atoms with van der Waals surface area (Å²) >= 11 is 2.09. The van der Waals surface area contributed by atoms with Crippen LogP contribution in [0.5, 0.6) is 5.75 Å². The Labute approximate surface area is 89.6 Å². The van der Waals surface area contributed by atoms with E-state index < -0.39 is 6.03 Å². The van der Waals surface area contributed by atoms with Crippen LogP contribution in [0.15, 0.2) is 18.2 Å². The Morgan fingerprint density at radius 1 is 1.62 bits per heavy atom. The smallest absolute Gasteiger partial charge is 0.316 e. The molecule has 0 bridgehead atoms. The Morgan fingerprint density at radius 3 is 2.77 bits per heavy atom. The number of methoxy groups -OCH3 is 1. The molecule has 0 saturated heterocycles. The van der Waals surface area contributed by atoms with Gasteiger partial charge in [-0.25, -0.2) is 4.79 Å². The summed E-state index contributed by atoms with van der Waals surface area (Å²) in [6.07, 6.45) is 0. The van der Waals surface area contributed by atoms with Gasteiger partial charge in [-0.2, -0.15) is 0 Å². The number of hydrogen-bond acceptors (Lipinski definition) is 2. The third-order valence-corrected chi connectivity index (χ3v) is 2.33. The molecule has 0 fully saturated rings. The second-order valence-corrected chi connectivity index (χ2v) is 3.50. The third kappa shape index (κ3) is 2.76. The first-order chi connectivity index (χ1) is 6.13. The molecular weight excluding hydrogens is 283 g/mol. The molecule has 1 aromatic rings. The number of urea groups is 1. The summed E-state index contributed by atoms with van der Waals surface area (Å²) < 4.78 is 5.89. The first kappa shape index (κ1) is 10.1. The maximum absolute atomic E-state index is 10.6. The minimum Gasteiger partial charge on any atom is -0.497 e. The van der Waals surface area contributed by atoms with E-state index >= 15 is 0 Å². The number of hydrogen-bond donors (Lipinski definition) is 2. The second-order valence-electron chi connectivity index (χ2n) is 2.34. The van der Waals surface area contributed by atoms with Crippen molar-refractivity contribution in [2.45, 2.75) is 0 Å². The number of nitrogens with two attached hydrogens (primary N) is 1. The van der Waals surface area contributed by atoms with Crippen molar-refractivity contribution in [3.63, 3.8) is 0 Å². The quantitative estimate of drug-likeness (QED) is 0.816. The molecule has 1 aromatic carbocycles. The van der Waals surface area contributed by atoms with E-state index in [4.69, 9.17) is 10.5 Å². The normalized spacial score (nSPS) is 9.38. The Morgan fingerprint density at radius 2 is 2.31 bits per heavy atom. The van der Waals surface area contributed by atoms with E-state index in [-0.39, 0.29) is 0 Å². The molecule has 0 saturated carbocycles. The molecule has 0 aromatic heterocycles. The lowest BCUT2D eigenvalue weighted by Gasteiger charge is -2.06. The zero-order chi connectivity index (χ0) is 9.84. The number of amides is 2. The van der Waals surface area contributed by atoms with E-state index in [1.807, 2.05) is 6.07 Å². The summed E-state index contributed by atoms with van der Waals surface area (Å²) in [5, 5.41) is 2.50. The minimum absolute atomic E-state index is 0.567. The van der Waals surface area contributed by atoms with E-state index in [1.165, 1.54) is 0 Å². The molecule has 0 aliphatic rings. The number of anilines is 1. The van der Waals surface area contributed by atoms with Crippen molar-refractivity contribution in [2.24, 2.45) is 5.73 Å². The van der Waals surface area contributed by atoms with Crippen LogP contribution in [0.2, 0.25) is 0 Å². The fourth-order valence-electron chi connectivity index (χ4n) is 0.857. The molecule has 70 valence electrons. The van der Waals surface area contributed by atoms with Crippen molar-refractivity contribution in [3.8, 4) is 5.75 Å². The van der Waals surface area contributed by atoms with Gasteiger partial charge in [-0.05, 0) is 40.8 Å². The largest absolute Gasteiger partial charge is 0.497 e. The monoisotopic (exact) mass is 292 g/mol.